The number of likely N-dealkylation sites (tertiary alicyclic amines) is 1. The van der Waals surface area contributed by atoms with Crippen molar-refractivity contribution in [2.24, 2.45) is 0 Å². The molecule has 1 N–H and O–H groups in total. The van der Waals surface area contributed by atoms with Crippen molar-refractivity contribution in [3.63, 3.8) is 0 Å². The Hall–Kier alpha value is -1.07. The number of hydrogen-bond donors (Lipinski definition) is 1. The van der Waals surface area contributed by atoms with E-state index < -0.39 is 12.3 Å². The van der Waals surface area contributed by atoms with Gasteiger partial charge in [0.2, 0.25) is 0 Å². The number of nitrogens with zero attached hydrogens (tertiary/aromatic N) is 1. The van der Waals surface area contributed by atoms with Gasteiger partial charge in [0.15, 0.2) is 0 Å². The second kappa shape index (κ2) is 6.39. The Morgan fingerprint density at radius 2 is 1.89 bits per heavy atom. The van der Waals surface area contributed by atoms with E-state index in [1.165, 1.54) is 0 Å². The Labute approximate surface area is 111 Å². The van der Waals surface area contributed by atoms with Crippen molar-refractivity contribution >= 4 is 0 Å². The van der Waals surface area contributed by atoms with Crippen LogP contribution in [0.25, 0.3) is 0 Å². The van der Waals surface area contributed by atoms with Gasteiger partial charge in [-0.25, -0.2) is 4.90 Å². The van der Waals surface area contributed by atoms with Crippen LogP contribution in [0.3, 0.4) is 0 Å². The number of benzene rings is 1. The summed E-state index contributed by atoms with van der Waals surface area (Å²) >= 11 is 0. The second-order valence-electron chi connectivity index (χ2n) is 4.93. The molecule has 106 valence electrons. The van der Waals surface area contributed by atoms with E-state index in [0.29, 0.717) is 30.8 Å². The zero-order chi connectivity index (χ0) is 13.7. The van der Waals surface area contributed by atoms with E-state index in [1.54, 1.807) is 0 Å². The smallest absolute Gasteiger partial charge is 0.311 e. The number of piperidine rings is 1. The molecular weight excluding hydrogens is 253 g/mol. The first-order valence-electron chi connectivity index (χ1n) is 6.65. The summed E-state index contributed by atoms with van der Waals surface area (Å²) in [5, 5.41) is 3.13. The SMILES string of the molecule is FC(F)(F)N1CCCCC1CNCc1ccccc1. The third kappa shape index (κ3) is 4.21. The highest BCUT2D eigenvalue weighted by atomic mass is 19.4. The highest BCUT2D eigenvalue weighted by Gasteiger charge is 2.42. The summed E-state index contributed by atoms with van der Waals surface area (Å²) in [5.74, 6) is 0. The van der Waals surface area contributed by atoms with Crippen molar-refractivity contribution in [3.8, 4) is 0 Å². The molecule has 1 atom stereocenters. The van der Waals surface area contributed by atoms with Crippen molar-refractivity contribution < 1.29 is 13.2 Å². The van der Waals surface area contributed by atoms with E-state index in [2.05, 4.69) is 5.32 Å². The molecule has 5 heteroatoms. The maximum Gasteiger partial charge on any atom is 0.460 e. The summed E-state index contributed by atoms with van der Waals surface area (Å²) in [4.78, 5) is 0.675. The van der Waals surface area contributed by atoms with Gasteiger partial charge >= 0.3 is 6.30 Å². The van der Waals surface area contributed by atoms with Gasteiger partial charge in [-0.1, -0.05) is 36.8 Å². The van der Waals surface area contributed by atoms with Gasteiger partial charge in [-0.15, -0.1) is 0 Å². The van der Waals surface area contributed by atoms with Gasteiger partial charge in [0.25, 0.3) is 0 Å². The number of alkyl halides is 3. The summed E-state index contributed by atoms with van der Waals surface area (Å²) in [7, 11) is 0. The normalized spacial score (nSPS) is 21.5. The number of hydrogen-bond acceptors (Lipinski definition) is 2. The van der Waals surface area contributed by atoms with Crippen molar-refractivity contribution in [2.75, 3.05) is 13.1 Å². The molecule has 0 aromatic heterocycles. The van der Waals surface area contributed by atoms with Gasteiger partial charge < -0.3 is 5.32 Å². The van der Waals surface area contributed by atoms with Crippen LogP contribution in [0.2, 0.25) is 0 Å². The maximum atomic E-state index is 12.8. The molecule has 0 radical (unpaired) electrons. The minimum atomic E-state index is -4.21. The molecule has 1 aromatic carbocycles. The lowest BCUT2D eigenvalue weighted by molar-refractivity contribution is -0.263. The molecule has 19 heavy (non-hydrogen) atoms. The molecule has 1 aliphatic heterocycles. The van der Waals surface area contributed by atoms with Crippen molar-refractivity contribution in [1.82, 2.24) is 10.2 Å². The molecule has 0 aliphatic carbocycles. The maximum absolute atomic E-state index is 12.8. The summed E-state index contributed by atoms with van der Waals surface area (Å²) in [6.45, 7) is 1.12. The molecule has 1 heterocycles. The lowest BCUT2D eigenvalue weighted by Crippen LogP contribution is -2.52. The van der Waals surface area contributed by atoms with E-state index in [9.17, 15) is 13.2 Å². The molecule has 2 rings (SSSR count). The third-order valence-corrected chi connectivity index (χ3v) is 3.50. The van der Waals surface area contributed by atoms with E-state index in [0.717, 1.165) is 12.0 Å². The fourth-order valence-electron chi connectivity index (χ4n) is 2.53. The quantitative estimate of drug-likeness (QED) is 0.847. The standard InChI is InChI=1S/C14H19F3N2/c15-14(16,17)19-9-5-4-8-13(19)11-18-10-12-6-2-1-3-7-12/h1-3,6-7,13,18H,4-5,8-11H2. The molecule has 0 amide bonds. The van der Waals surface area contributed by atoms with E-state index in [1.807, 2.05) is 30.3 Å². The second-order valence-corrected chi connectivity index (χ2v) is 4.93. The van der Waals surface area contributed by atoms with Gasteiger partial charge in [-0.3, -0.25) is 0 Å². The van der Waals surface area contributed by atoms with E-state index >= 15 is 0 Å². The fraction of sp³-hybridized carbons (Fsp3) is 0.571. The minimum absolute atomic E-state index is 0.126. The Bertz CT molecular complexity index is 378. The molecule has 0 saturated carbocycles. The average Bonchev–Trinajstić information content (AvgIpc) is 2.39. The molecular formula is C14H19F3N2. The van der Waals surface area contributed by atoms with Crippen molar-refractivity contribution in [3.05, 3.63) is 35.9 Å². The van der Waals surface area contributed by atoms with E-state index in [4.69, 9.17) is 0 Å². The predicted molar refractivity (Wildman–Crippen MR) is 68.5 cm³/mol. The molecule has 0 bridgehead atoms. The Kier molecular flexibility index (Phi) is 4.82. The van der Waals surface area contributed by atoms with E-state index in [-0.39, 0.29) is 6.54 Å². The van der Waals surface area contributed by atoms with Crippen LogP contribution in [0.1, 0.15) is 24.8 Å². The van der Waals surface area contributed by atoms with Crippen LogP contribution in [-0.2, 0) is 6.54 Å². The van der Waals surface area contributed by atoms with Crippen LogP contribution >= 0.6 is 0 Å². The summed E-state index contributed by atoms with van der Waals surface area (Å²) < 4.78 is 38.5. The van der Waals surface area contributed by atoms with Crippen LogP contribution in [0, 0.1) is 0 Å². The molecule has 1 unspecified atom stereocenters. The first kappa shape index (κ1) is 14.3. The first-order valence-corrected chi connectivity index (χ1v) is 6.65. The van der Waals surface area contributed by atoms with Gasteiger partial charge in [0.1, 0.15) is 0 Å². The molecule has 2 nitrogen and oxygen atoms in total. The minimum Gasteiger partial charge on any atom is -0.311 e. The van der Waals surface area contributed by atoms with Gasteiger partial charge in [0.05, 0.1) is 0 Å². The Morgan fingerprint density at radius 3 is 2.58 bits per heavy atom. The summed E-state index contributed by atoms with van der Waals surface area (Å²) in [6, 6.07) is 9.29. The monoisotopic (exact) mass is 272 g/mol. The topological polar surface area (TPSA) is 15.3 Å². The molecule has 1 fully saturated rings. The van der Waals surface area contributed by atoms with Gasteiger partial charge in [-0.05, 0) is 18.4 Å². The average molecular weight is 272 g/mol. The molecule has 1 aliphatic rings. The van der Waals surface area contributed by atoms with Gasteiger partial charge in [-0.2, -0.15) is 13.2 Å². The van der Waals surface area contributed by atoms with Gasteiger partial charge in [0, 0.05) is 25.7 Å². The summed E-state index contributed by atoms with van der Waals surface area (Å²) in [6.07, 6.45) is -2.08. The zero-order valence-electron chi connectivity index (χ0n) is 10.8. The largest absolute Gasteiger partial charge is 0.460 e. The molecule has 1 saturated heterocycles. The first-order chi connectivity index (χ1) is 9.07. The van der Waals surface area contributed by atoms with Crippen LogP contribution < -0.4 is 5.32 Å². The number of halogens is 3. The number of nitrogens with one attached hydrogen (secondary N) is 1. The fourth-order valence-corrected chi connectivity index (χ4v) is 2.53. The third-order valence-electron chi connectivity index (χ3n) is 3.50. The Balaban J connectivity index is 1.83. The highest BCUT2D eigenvalue weighted by Crippen LogP contribution is 2.29. The van der Waals surface area contributed by atoms with Crippen molar-refractivity contribution in [1.29, 1.82) is 0 Å². The number of rotatable bonds is 4. The molecule has 1 aromatic rings. The molecule has 0 spiro atoms. The summed E-state index contributed by atoms with van der Waals surface area (Å²) in [5.41, 5.74) is 1.09. The lowest BCUT2D eigenvalue weighted by atomic mass is 10.0. The zero-order valence-corrected chi connectivity index (χ0v) is 10.8. The predicted octanol–water partition coefficient (Wildman–Crippen LogP) is 3.15. The Morgan fingerprint density at radius 1 is 1.16 bits per heavy atom. The van der Waals surface area contributed by atoms with Crippen LogP contribution in [0.5, 0.6) is 0 Å². The highest BCUT2D eigenvalue weighted by molar-refractivity contribution is 5.14. The van der Waals surface area contributed by atoms with Crippen LogP contribution in [0.15, 0.2) is 30.3 Å². The van der Waals surface area contributed by atoms with Crippen LogP contribution in [-0.4, -0.2) is 30.3 Å². The van der Waals surface area contributed by atoms with Crippen LogP contribution in [0.4, 0.5) is 13.2 Å². The lowest BCUT2D eigenvalue weighted by Gasteiger charge is -2.36. The van der Waals surface area contributed by atoms with Crippen molar-refractivity contribution in [2.45, 2.75) is 38.1 Å².